The van der Waals surface area contributed by atoms with Crippen LogP contribution in [-0.4, -0.2) is 46.8 Å². The van der Waals surface area contributed by atoms with E-state index in [1.165, 1.54) is 0 Å². The lowest BCUT2D eigenvalue weighted by molar-refractivity contribution is -0.195. The summed E-state index contributed by atoms with van der Waals surface area (Å²) in [4.78, 5) is 12.7. The van der Waals surface area contributed by atoms with Gasteiger partial charge in [-0.3, -0.25) is 4.79 Å². The summed E-state index contributed by atoms with van der Waals surface area (Å²) in [6.45, 7) is 2.54. The van der Waals surface area contributed by atoms with Gasteiger partial charge in [0.1, 0.15) is 0 Å². The van der Waals surface area contributed by atoms with Crippen molar-refractivity contribution in [3.63, 3.8) is 0 Å². The molecule has 1 aliphatic rings. The van der Waals surface area contributed by atoms with Crippen molar-refractivity contribution >= 4 is 5.91 Å². The van der Waals surface area contributed by atoms with Crippen molar-refractivity contribution in [1.82, 2.24) is 4.90 Å². The minimum absolute atomic E-state index is 0.0195. The number of likely N-dealkylation sites (tertiary alicyclic amines) is 1. The highest BCUT2D eigenvalue weighted by Crippen LogP contribution is 2.30. The number of hydrogen-bond acceptors (Lipinski definition) is 3. The molecule has 1 aliphatic heterocycles. The summed E-state index contributed by atoms with van der Waals surface area (Å²) in [6.07, 6.45) is -5.12. The maximum atomic E-state index is 12.6. The van der Waals surface area contributed by atoms with Crippen LogP contribution in [0.4, 0.5) is 13.2 Å². The fourth-order valence-electron chi connectivity index (χ4n) is 1.68. The Hall–Kier alpha value is -0.820. The number of nitrogens with two attached hydrogens (primary N) is 1. The molecule has 1 rings (SSSR count). The number of nitrogens with zero attached hydrogens (tertiary/aromatic N) is 1. The number of aliphatic hydroxyl groups is 1. The van der Waals surface area contributed by atoms with Crippen molar-refractivity contribution in [3.8, 4) is 0 Å². The summed E-state index contributed by atoms with van der Waals surface area (Å²) in [5.74, 6) is -1.20. The maximum absolute atomic E-state index is 12.6. The van der Waals surface area contributed by atoms with E-state index in [-0.39, 0.29) is 19.0 Å². The van der Waals surface area contributed by atoms with Gasteiger partial charge in [-0.1, -0.05) is 6.92 Å². The molecule has 4 nitrogen and oxygen atoms in total. The standard InChI is InChI=1S/C10H17F3N2O2/c1-6-3-4-15(5-7(6)16)8(17)9(2,14)10(11,12)13/h6-7,16H,3-5,14H2,1-2H3. The SMILES string of the molecule is CC1CCN(C(=O)C(C)(N)C(F)(F)F)CC1O. The molecule has 1 saturated heterocycles. The van der Waals surface area contributed by atoms with Gasteiger partial charge in [-0.15, -0.1) is 0 Å². The molecule has 0 bridgehead atoms. The van der Waals surface area contributed by atoms with Crippen molar-refractivity contribution in [2.24, 2.45) is 11.7 Å². The van der Waals surface area contributed by atoms with Crippen molar-refractivity contribution < 1.29 is 23.1 Å². The van der Waals surface area contributed by atoms with Crippen LogP contribution in [-0.2, 0) is 4.79 Å². The van der Waals surface area contributed by atoms with E-state index in [1.54, 1.807) is 6.92 Å². The number of hydrogen-bond donors (Lipinski definition) is 2. The summed E-state index contributed by atoms with van der Waals surface area (Å²) >= 11 is 0. The fraction of sp³-hybridized carbons (Fsp3) is 0.900. The molecular formula is C10H17F3N2O2. The van der Waals surface area contributed by atoms with Crippen LogP contribution in [0.1, 0.15) is 20.3 Å². The Bertz CT molecular complexity index is 304. The van der Waals surface area contributed by atoms with E-state index in [0.29, 0.717) is 13.3 Å². The largest absolute Gasteiger partial charge is 0.415 e. The number of amides is 1. The van der Waals surface area contributed by atoms with Gasteiger partial charge in [-0.05, 0) is 19.3 Å². The molecule has 1 amide bonds. The second-order valence-corrected chi connectivity index (χ2v) is 4.78. The zero-order chi connectivity index (χ0) is 13.4. The van der Waals surface area contributed by atoms with Gasteiger partial charge in [-0.25, -0.2) is 0 Å². The first kappa shape index (κ1) is 14.2. The van der Waals surface area contributed by atoms with Gasteiger partial charge in [0.2, 0.25) is 0 Å². The van der Waals surface area contributed by atoms with E-state index >= 15 is 0 Å². The first-order valence-electron chi connectivity index (χ1n) is 5.40. The van der Waals surface area contributed by atoms with E-state index < -0.39 is 23.7 Å². The third-order valence-electron chi connectivity index (χ3n) is 3.24. The second kappa shape index (κ2) is 4.45. The zero-order valence-electron chi connectivity index (χ0n) is 9.79. The molecule has 0 saturated carbocycles. The molecule has 1 heterocycles. The maximum Gasteiger partial charge on any atom is 0.415 e. The molecule has 17 heavy (non-hydrogen) atoms. The first-order valence-corrected chi connectivity index (χ1v) is 5.40. The quantitative estimate of drug-likeness (QED) is 0.716. The minimum Gasteiger partial charge on any atom is -0.391 e. The number of halogens is 3. The highest BCUT2D eigenvalue weighted by molar-refractivity contribution is 5.86. The van der Waals surface area contributed by atoms with E-state index in [1.807, 2.05) is 0 Å². The van der Waals surface area contributed by atoms with Crippen LogP contribution in [0.2, 0.25) is 0 Å². The predicted molar refractivity (Wildman–Crippen MR) is 55.0 cm³/mol. The van der Waals surface area contributed by atoms with Gasteiger partial charge < -0.3 is 15.7 Å². The molecule has 1 fully saturated rings. The molecular weight excluding hydrogens is 237 g/mol. The smallest absolute Gasteiger partial charge is 0.391 e. The normalized spacial score (nSPS) is 29.9. The number of piperidine rings is 1. The van der Waals surface area contributed by atoms with Crippen LogP contribution >= 0.6 is 0 Å². The highest BCUT2D eigenvalue weighted by atomic mass is 19.4. The number of β-amino-alcohol motifs (C(OH)–C–C–N with tert-alkyl or cyclic N) is 1. The van der Waals surface area contributed by atoms with Crippen LogP contribution in [0.25, 0.3) is 0 Å². The Balaban J connectivity index is 2.78. The molecule has 0 aromatic carbocycles. The molecule has 0 aromatic heterocycles. The zero-order valence-corrected chi connectivity index (χ0v) is 9.79. The fourth-order valence-corrected chi connectivity index (χ4v) is 1.68. The average Bonchev–Trinajstić information content (AvgIpc) is 2.19. The predicted octanol–water partition coefficient (Wildman–Crippen LogP) is 0.495. The molecule has 100 valence electrons. The van der Waals surface area contributed by atoms with Gasteiger partial charge in [0.05, 0.1) is 6.10 Å². The number of rotatable bonds is 1. The Labute approximate surface area is 97.6 Å². The summed E-state index contributed by atoms with van der Waals surface area (Å²) in [7, 11) is 0. The Morgan fingerprint density at radius 2 is 2.00 bits per heavy atom. The lowest BCUT2D eigenvalue weighted by Crippen LogP contribution is -2.64. The Morgan fingerprint density at radius 3 is 2.41 bits per heavy atom. The van der Waals surface area contributed by atoms with Crippen LogP contribution in [0.3, 0.4) is 0 Å². The third kappa shape index (κ3) is 2.71. The molecule has 0 spiro atoms. The van der Waals surface area contributed by atoms with Crippen LogP contribution in [0.5, 0.6) is 0 Å². The summed E-state index contributed by atoms with van der Waals surface area (Å²) in [6, 6.07) is 0. The lowest BCUT2D eigenvalue weighted by atomic mass is 9.93. The second-order valence-electron chi connectivity index (χ2n) is 4.78. The van der Waals surface area contributed by atoms with Gasteiger partial charge >= 0.3 is 6.18 Å². The highest BCUT2D eigenvalue weighted by Gasteiger charge is 2.55. The van der Waals surface area contributed by atoms with Crippen LogP contribution in [0.15, 0.2) is 0 Å². The number of aliphatic hydroxyl groups excluding tert-OH is 1. The van der Waals surface area contributed by atoms with Crippen molar-refractivity contribution in [2.45, 2.75) is 38.1 Å². The third-order valence-corrected chi connectivity index (χ3v) is 3.24. The number of alkyl halides is 3. The van der Waals surface area contributed by atoms with E-state index in [4.69, 9.17) is 5.73 Å². The minimum atomic E-state index is -4.79. The molecule has 0 aliphatic carbocycles. The van der Waals surface area contributed by atoms with Crippen molar-refractivity contribution in [3.05, 3.63) is 0 Å². The monoisotopic (exact) mass is 254 g/mol. The Morgan fingerprint density at radius 1 is 1.47 bits per heavy atom. The van der Waals surface area contributed by atoms with E-state index in [2.05, 4.69) is 0 Å². The Kier molecular flexibility index (Phi) is 3.73. The van der Waals surface area contributed by atoms with Gasteiger partial charge in [-0.2, -0.15) is 13.2 Å². The molecule has 7 heteroatoms. The topological polar surface area (TPSA) is 66.6 Å². The van der Waals surface area contributed by atoms with Crippen LogP contribution in [0, 0.1) is 5.92 Å². The van der Waals surface area contributed by atoms with Gasteiger partial charge in [0.25, 0.3) is 5.91 Å². The number of carbonyl (C=O) groups is 1. The molecule has 3 N–H and O–H groups in total. The number of carbonyl (C=O) groups excluding carboxylic acids is 1. The lowest BCUT2D eigenvalue weighted by Gasteiger charge is -2.38. The summed E-state index contributed by atoms with van der Waals surface area (Å²) in [5.41, 5.74) is 2.15. The van der Waals surface area contributed by atoms with Crippen molar-refractivity contribution in [1.29, 1.82) is 0 Å². The molecule has 3 atom stereocenters. The average molecular weight is 254 g/mol. The van der Waals surface area contributed by atoms with Crippen LogP contribution < -0.4 is 5.73 Å². The molecule has 0 aromatic rings. The van der Waals surface area contributed by atoms with E-state index in [0.717, 1.165) is 4.90 Å². The molecule has 0 radical (unpaired) electrons. The molecule has 3 unspecified atom stereocenters. The van der Waals surface area contributed by atoms with Crippen molar-refractivity contribution in [2.75, 3.05) is 13.1 Å². The van der Waals surface area contributed by atoms with E-state index in [9.17, 15) is 23.1 Å². The van der Waals surface area contributed by atoms with Gasteiger partial charge in [0, 0.05) is 13.1 Å². The summed E-state index contributed by atoms with van der Waals surface area (Å²) < 4.78 is 37.7. The summed E-state index contributed by atoms with van der Waals surface area (Å²) in [5, 5.41) is 9.55. The van der Waals surface area contributed by atoms with Gasteiger partial charge in [0.15, 0.2) is 5.54 Å². The first-order chi connectivity index (χ1) is 7.57.